The van der Waals surface area contributed by atoms with E-state index in [4.69, 9.17) is 21.1 Å². The second-order valence-corrected chi connectivity index (χ2v) is 19.5. The molecule has 64 heavy (non-hydrogen) atoms. The molecule has 9 rings (SSSR count). The van der Waals surface area contributed by atoms with Crippen molar-refractivity contribution in [1.82, 2.24) is 19.6 Å². The fraction of sp³-hybridized carbons (Fsp3) is 0.292. The van der Waals surface area contributed by atoms with Gasteiger partial charge in [0.1, 0.15) is 46.7 Å². The van der Waals surface area contributed by atoms with E-state index >= 15 is 0 Å². The van der Waals surface area contributed by atoms with E-state index < -0.39 is 26.9 Å². The number of hydrogen-bond acceptors (Lipinski definition) is 11. The Labute approximate surface area is 375 Å². The third kappa shape index (κ3) is 9.33. The van der Waals surface area contributed by atoms with Crippen LogP contribution in [-0.2, 0) is 16.4 Å². The molecular formula is C48H47ClFN7O6S. The number of aromatic amines is 1. The van der Waals surface area contributed by atoms with Crippen molar-refractivity contribution in [1.29, 1.82) is 0 Å². The van der Waals surface area contributed by atoms with E-state index in [9.17, 15) is 22.5 Å². The molecule has 1 atom stereocenters. The van der Waals surface area contributed by atoms with Gasteiger partial charge in [0.05, 0.1) is 22.7 Å². The van der Waals surface area contributed by atoms with Gasteiger partial charge in [-0.3, -0.25) is 9.69 Å². The number of amides is 1. The van der Waals surface area contributed by atoms with Gasteiger partial charge in [-0.2, -0.15) is 0 Å². The van der Waals surface area contributed by atoms with Crippen LogP contribution in [0.3, 0.4) is 0 Å². The lowest BCUT2D eigenvalue weighted by Crippen LogP contribution is -2.47. The van der Waals surface area contributed by atoms with E-state index in [2.05, 4.69) is 61.0 Å². The SMILES string of the molecule is CC1(C)CCC(CN2CCN(c3ccc(C(=O)NS(=O)(=O)c4cc(N=O)c5c(c4)OC[C@H](Cc4ccccc4F)N5)c(Oc4cnc5[nH]ccc5c4)c3)CC2)=C(c2ccc(Cl)cc2)C1. The van der Waals surface area contributed by atoms with Crippen LogP contribution < -0.4 is 24.4 Å². The molecule has 0 unspecified atom stereocenters. The van der Waals surface area contributed by atoms with Crippen LogP contribution in [0.15, 0.2) is 119 Å². The highest BCUT2D eigenvalue weighted by atomic mass is 35.5. The van der Waals surface area contributed by atoms with E-state index in [0.717, 1.165) is 74.1 Å². The Morgan fingerprint density at radius 1 is 1.03 bits per heavy atom. The first-order valence-corrected chi connectivity index (χ1v) is 23.1. The molecule has 1 aliphatic carbocycles. The number of aromatic nitrogens is 2. The van der Waals surface area contributed by atoms with Crippen LogP contribution in [0.25, 0.3) is 16.6 Å². The molecule has 1 fully saturated rings. The van der Waals surface area contributed by atoms with E-state index in [1.807, 2.05) is 18.2 Å². The van der Waals surface area contributed by atoms with Gasteiger partial charge in [-0.05, 0) is 102 Å². The van der Waals surface area contributed by atoms with Crippen molar-refractivity contribution in [2.75, 3.05) is 49.5 Å². The summed E-state index contributed by atoms with van der Waals surface area (Å²) in [6.45, 7) is 8.67. The number of nitrogens with zero attached hydrogens (tertiary/aromatic N) is 4. The summed E-state index contributed by atoms with van der Waals surface area (Å²) in [5.41, 5.74) is 6.12. The molecule has 3 N–H and O–H groups in total. The molecule has 4 aromatic carbocycles. The van der Waals surface area contributed by atoms with Gasteiger partial charge in [-0.15, -0.1) is 4.91 Å². The number of ether oxygens (including phenoxy) is 2. The first-order chi connectivity index (χ1) is 30.8. The monoisotopic (exact) mass is 903 g/mol. The zero-order valence-corrected chi connectivity index (χ0v) is 36.9. The van der Waals surface area contributed by atoms with Crippen LogP contribution in [-0.4, -0.2) is 74.6 Å². The Morgan fingerprint density at radius 2 is 1.83 bits per heavy atom. The topological polar surface area (TPSA) is 158 Å². The fourth-order valence-corrected chi connectivity index (χ4v) is 9.88. The number of halogens is 2. The molecule has 16 heteroatoms. The van der Waals surface area contributed by atoms with Gasteiger partial charge < -0.3 is 24.7 Å². The first-order valence-electron chi connectivity index (χ1n) is 21.2. The highest BCUT2D eigenvalue weighted by Gasteiger charge is 2.31. The summed E-state index contributed by atoms with van der Waals surface area (Å²) < 4.78 is 56.5. The van der Waals surface area contributed by atoms with Gasteiger partial charge in [-0.1, -0.05) is 61.4 Å². The molecule has 0 radical (unpaired) electrons. The molecule has 0 bridgehead atoms. The van der Waals surface area contributed by atoms with Crippen molar-refractivity contribution < 1.29 is 27.1 Å². The molecule has 13 nitrogen and oxygen atoms in total. The van der Waals surface area contributed by atoms with Gasteiger partial charge in [0.2, 0.25) is 0 Å². The van der Waals surface area contributed by atoms with Crippen LogP contribution in [0.1, 0.15) is 54.6 Å². The van der Waals surface area contributed by atoms with Gasteiger partial charge in [0.15, 0.2) is 0 Å². The zero-order valence-electron chi connectivity index (χ0n) is 35.4. The lowest BCUT2D eigenvalue weighted by molar-refractivity contribution is 0.0979. The minimum absolute atomic E-state index is 0.0392. The lowest BCUT2D eigenvalue weighted by Gasteiger charge is -2.39. The van der Waals surface area contributed by atoms with E-state index in [1.165, 1.54) is 35.0 Å². The predicted molar refractivity (Wildman–Crippen MR) is 247 cm³/mol. The number of benzene rings is 4. The molecule has 330 valence electrons. The second-order valence-electron chi connectivity index (χ2n) is 17.4. The molecule has 6 aromatic rings. The molecule has 1 amide bonds. The van der Waals surface area contributed by atoms with E-state index in [1.54, 1.807) is 48.7 Å². The Hall–Kier alpha value is -6.29. The summed E-state index contributed by atoms with van der Waals surface area (Å²) in [5.74, 6) is -0.804. The number of fused-ring (bicyclic) bond motifs is 2. The molecule has 2 aromatic heterocycles. The number of nitroso groups, excluding NO2 is 1. The Balaban J connectivity index is 0.936. The molecule has 1 saturated heterocycles. The summed E-state index contributed by atoms with van der Waals surface area (Å²) in [4.78, 5) is 37.9. The van der Waals surface area contributed by atoms with Crippen molar-refractivity contribution in [2.45, 2.75) is 50.5 Å². The summed E-state index contributed by atoms with van der Waals surface area (Å²) in [6, 6.07) is 25.0. The molecule has 2 aliphatic heterocycles. The molecule has 0 saturated carbocycles. The number of carbonyl (C=O) groups is 1. The average molecular weight is 904 g/mol. The van der Waals surface area contributed by atoms with Gasteiger partial charge in [0, 0.05) is 67.1 Å². The van der Waals surface area contributed by atoms with Gasteiger partial charge in [0.25, 0.3) is 15.9 Å². The van der Waals surface area contributed by atoms with Crippen molar-refractivity contribution >= 4 is 61.2 Å². The first kappa shape index (κ1) is 43.0. The Kier molecular flexibility index (Phi) is 11.9. The van der Waals surface area contributed by atoms with E-state index in [-0.39, 0.29) is 52.7 Å². The van der Waals surface area contributed by atoms with Crippen molar-refractivity contribution in [3.63, 3.8) is 0 Å². The number of anilines is 2. The number of sulfonamides is 1. The summed E-state index contributed by atoms with van der Waals surface area (Å²) in [7, 11) is -4.59. The number of pyridine rings is 1. The van der Waals surface area contributed by atoms with Crippen LogP contribution in [0.2, 0.25) is 5.02 Å². The third-order valence-corrected chi connectivity index (χ3v) is 13.8. The average Bonchev–Trinajstić information content (AvgIpc) is 3.76. The van der Waals surface area contributed by atoms with Crippen molar-refractivity contribution in [3.05, 3.63) is 141 Å². The van der Waals surface area contributed by atoms with Crippen LogP contribution in [0.5, 0.6) is 17.2 Å². The van der Waals surface area contributed by atoms with Crippen molar-refractivity contribution in [2.24, 2.45) is 10.6 Å². The third-order valence-electron chi connectivity index (χ3n) is 12.2. The number of H-pyrrole nitrogens is 1. The fourth-order valence-electron chi connectivity index (χ4n) is 8.75. The van der Waals surface area contributed by atoms with E-state index in [0.29, 0.717) is 17.0 Å². The smallest absolute Gasteiger partial charge is 0.268 e. The zero-order chi connectivity index (χ0) is 44.6. The minimum atomic E-state index is -4.59. The van der Waals surface area contributed by atoms with Crippen LogP contribution in [0, 0.1) is 16.1 Å². The predicted octanol–water partition coefficient (Wildman–Crippen LogP) is 9.87. The number of hydrogen-bond donors (Lipinski definition) is 3. The van der Waals surface area contributed by atoms with Crippen molar-refractivity contribution in [3.8, 4) is 17.2 Å². The number of carbonyl (C=O) groups excluding carboxylic acids is 1. The highest BCUT2D eigenvalue weighted by molar-refractivity contribution is 7.90. The maximum atomic E-state index is 14.4. The molecule has 0 spiro atoms. The number of nitrogens with one attached hydrogen (secondary N) is 3. The number of piperazine rings is 1. The molecule has 4 heterocycles. The Morgan fingerprint density at radius 3 is 2.61 bits per heavy atom. The largest absolute Gasteiger partial charge is 0.489 e. The summed E-state index contributed by atoms with van der Waals surface area (Å²) >= 11 is 6.25. The lowest BCUT2D eigenvalue weighted by atomic mass is 9.72. The van der Waals surface area contributed by atoms with Gasteiger partial charge in [-0.25, -0.2) is 22.5 Å². The van der Waals surface area contributed by atoms with Gasteiger partial charge >= 0.3 is 0 Å². The Bertz CT molecular complexity index is 2900. The minimum Gasteiger partial charge on any atom is -0.489 e. The highest BCUT2D eigenvalue weighted by Crippen LogP contribution is 2.44. The normalized spacial score (nSPS) is 17.6. The number of allylic oxidation sites excluding steroid dienone is 1. The molecular weight excluding hydrogens is 857 g/mol. The quantitative estimate of drug-likeness (QED) is 0.101. The standard InChI is InChI=1S/C48H47ClFN7O6S/c1-48(2)15-13-33(40(26-48)30-7-9-34(49)10-8-30)28-56-17-19-57(20-18-56)36-11-12-39(43(23-36)63-37-22-32-14-16-51-46(32)52-27-37)47(58)55-64(60,61)38-24-42(54-59)45-44(25-38)62-29-35(53-45)21-31-5-3-4-6-41(31)50/h3-12,14,16,22-25,27,35,53H,13,15,17-21,26,28-29H2,1-2H3,(H,51,52)(H,55,58)/t35-/m0/s1. The summed E-state index contributed by atoms with van der Waals surface area (Å²) in [6.07, 6.45) is 6.72. The second kappa shape index (κ2) is 17.7. The van der Waals surface area contributed by atoms with Crippen LogP contribution in [0.4, 0.5) is 21.5 Å². The van der Waals surface area contributed by atoms with Crippen LogP contribution >= 0.6 is 11.6 Å². The summed E-state index contributed by atoms with van der Waals surface area (Å²) in [5, 5.41) is 7.71. The maximum absolute atomic E-state index is 14.4. The number of rotatable bonds is 12. The maximum Gasteiger partial charge on any atom is 0.268 e. The molecule has 3 aliphatic rings.